The molecule has 0 aliphatic carbocycles. The zero-order valence-electron chi connectivity index (χ0n) is 18.1. The van der Waals surface area contributed by atoms with Crippen molar-refractivity contribution in [2.45, 2.75) is 54.2 Å². The molecular formula is C23H27N3O4S2. The van der Waals surface area contributed by atoms with Crippen LogP contribution in [0.1, 0.15) is 30.9 Å². The summed E-state index contributed by atoms with van der Waals surface area (Å²) in [5.74, 6) is -0.182. The Morgan fingerprint density at radius 3 is 2.41 bits per heavy atom. The van der Waals surface area contributed by atoms with E-state index in [2.05, 4.69) is 28.8 Å². The molecule has 2 aromatic carbocycles. The van der Waals surface area contributed by atoms with Crippen LogP contribution in [0.5, 0.6) is 0 Å². The summed E-state index contributed by atoms with van der Waals surface area (Å²) < 4.78 is 27.4. The Kier molecular flexibility index (Phi) is 6.60. The molecule has 2 amide bonds. The lowest BCUT2D eigenvalue weighted by Gasteiger charge is -2.32. The van der Waals surface area contributed by atoms with Crippen molar-refractivity contribution in [2.24, 2.45) is 0 Å². The van der Waals surface area contributed by atoms with Crippen molar-refractivity contribution in [3.05, 3.63) is 53.6 Å². The lowest BCUT2D eigenvalue weighted by Crippen LogP contribution is -2.48. The summed E-state index contributed by atoms with van der Waals surface area (Å²) in [6.45, 7) is 4.17. The van der Waals surface area contributed by atoms with E-state index in [0.29, 0.717) is 31.6 Å². The summed E-state index contributed by atoms with van der Waals surface area (Å²) >= 11 is 1.61. The second-order valence-corrected chi connectivity index (χ2v) is 11.5. The first-order valence-electron chi connectivity index (χ1n) is 10.7. The molecule has 0 bridgehead atoms. The Morgan fingerprint density at radius 2 is 1.75 bits per heavy atom. The summed E-state index contributed by atoms with van der Waals surface area (Å²) in [7, 11) is -3.61. The molecule has 0 spiro atoms. The van der Waals surface area contributed by atoms with Crippen LogP contribution in [0.4, 0.5) is 5.69 Å². The van der Waals surface area contributed by atoms with Crippen molar-refractivity contribution in [2.75, 3.05) is 18.4 Å². The number of carbonyl (C=O) groups excluding carboxylic acids is 2. The smallest absolute Gasteiger partial charge is 0.243 e. The van der Waals surface area contributed by atoms with Gasteiger partial charge in [-0.3, -0.25) is 9.59 Å². The summed E-state index contributed by atoms with van der Waals surface area (Å²) in [6, 6.07) is 12.4. The molecule has 32 heavy (non-hydrogen) atoms. The quantitative estimate of drug-likeness (QED) is 0.696. The first kappa shape index (κ1) is 22.8. The van der Waals surface area contributed by atoms with Gasteiger partial charge in [-0.15, -0.1) is 11.8 Å². The first-order chi connectivity index (χ1) is 15.2. The summed E-state index contributed by atoms with van der Waals surface area (Å²) in [5.41, 5.74) is 2.96. The second kappa shape index (κ2) is 9.25. The molecule has 1 unspecified atom stereocenters. The van der Waals surface area contributed by atoms with Crippen LogP contribution in [0.25, 0.3) is 0 Å². The molecule has 1 fully saturated rings. The van der Waals surface area contributed by atoms with Gasteiger partial charge in [-0.25, -0.2) is 8.42 Å². The van der Waals surface area contributed by atoms with E-state index in [-0.39, 0.29) is 28.0 Å². The number of hydrogen-bond donors (Lipinski definition) is 2. The monoisotopic (exact) mass is 473 g/mol. The van der Waals surface area contributed by atoms with Crippen molar-refractivity contribution in [1.82, 2.24) is 9.62 Å². The predicted molar refractivity (Wildman–Crippen MR) is 125 cm³/mol. The third kappa shape index (κ3) is 5.00. The average molecular weight is 474 g/mol. The van der Waals surface area contributed by atoms with Gasteiger partial charge in [0.2, 0.25) is 21.8 Å². The summed E-state index contributed by atoms with van der Waals surface area (Å²) in [5, 5.41) is 5.63. The van der Waals surface area contributed by atoms with Crippen molar-refractivity contribution in [3.8, 4) is 0 Å². The van der Waals surface area contributed by atoms with Gasteiger partial charge in [-0.05, 0) is 62.1 Å². The molecule has 4 rings (SSSR count). The number of nitrogens with zero attached hydrogens (tertiary/aromatic N) is 1. The minimum atomic E-state index is -3.61. The Bertz CT molecular complexity index is 1120. The molecule has 2 N–H and O–H groups in total. The lowest BCUT2D eigenvalue weighted by atomic mass is 10.1. The number of fused-ring (bicyclic) bond motifs is 1. The van der Waals surface area contributed by atoms with Crippen LogP contribution in [0.15, 0.2) is 52.3 Å². The van der Waals surface area contributed by atoms with E-state index < -0.39 is 10.0 Å². The third-order valence-corrected chi connectivity index (χ3v) is 9.01. The minimum absolute atomic E-state index is 0.0258. The zero-order valence-corrected chi connectivity index (χ0v) is 19.8. The van der Waals surface area contributed by atoms with Gasteiger partial charge >= 0.3 is 0 Å². The number of benzene rings is 2. The number of thioether (sulfide) groups is 1. The number of amides is 2. The van der Waals surface area contributed by atoms with Gasteiger partial charge in [0, 0.05) is 36.6 Å². The lowest BCUT2D eigenvalue weighted by molar-refractivity contribution is -0.121. The molecule has 2 heterocycles. The molecule has 0 radical (unpaired) electrons. The van der Waals surface area contributed by atoms with E-state index in [0.717, 1.165) is 6.42 Å². The highest BCUT2D eigenvalue weighted by atomic mass is 32.2. The molecule has 9 heteroatoms. The van der Waals surface area contributed by atoms with Crippen LogP contribution in [0.3, 0.4) is 0 Å². The molecule has 2 aromatic rings. The number of anilines is 1. The molecule has 170 valence electrons. The van der Waals surface area contributed by atoms with Gasteiger partial charge in [-0.1, -0.05) is 17.7 Å². The maximum atomic E-state index is 13.0. The van der Waals surface area contributed by atoms with E-state index in [1.807, 2.05) is 6.92 Å². The Balaban J connectivity index is 1.31. The van der Waals surface area contributed by atoms with Gasteiger partial charge in [-0.2, -0.15) is 4.31 Å². The van der Waals surface area contributed by atoms with E-state index >= 15 is 0 Å². The molecule has 1 saturated heterocycles. The SMILES string of the molecule is CC(=O)Nc1ccc(S(=O)(=O)N2CCC(NC(=O)C3Cc4ccc(C)cc4S3)CC2)cc1. The maximum Gasteiger partial charge on any atom is 0.243 e. The molecule has 1 atom stereocenters. The van der Waals surface area contributed by atoms with Crippen LogP contribution < -0.4 is 10.6 Å². The number of rotatable bonds is 5. The Hall–Kier alpha value is -2.36. The molecule has 0 saturated carbocycles. The summed E-state index contributed by atoms with van der Waals surface area (Å²) in [6.07, 6.45) is 1.89. The highest BCUT2D eigenvalue weighted by molar-refractivity contribution is 8.01. The standard InChI is InChI=1S/C23H27N3O4S2/c1-15-3-4-17-14-22(31-21(17)13-15)23(28)25-19-9-11-26(12-10-19)32(29,30)20-7-5-18(6-8-20)24-16(2)27/h3-8,13,19,22H,9-12,14H2,1-2H3,(H,24,27)(H,25,28). The zero-order chi connectivity index (χ0) is 22.9. The number of nitrogens with one attached hydrogen (secondary N) is 2. The first-order valence-corrected chi connectivity index (χ1v) is 13.0. The van der Waals surface area contributed by atoms with Crippen LogP contribution in [0, 0.1) is 6.92 Å². The highest BCUT2D eigenvalue weighted by Gasteiger charge is 2.33. The number of carbonyl (C=O) groups is 2. The van der Waals surface area contributed by atoms with Gasteiger partial charge in [0.05, 0.1) is 10.1 Å². The number of aryl methyl sites for hydroxylation is 1. The van der Waals surface area contributed by atoms with E-state index in [9.17, 15) is 18.0 Å². The topological polar surface area (TPSA) is 95.6 Å². The fourth-order valence-electron chi connectivity index (χ4n) is 4.08. The normalized spacial score (nSPS) is 19.4. The molecule has 2 aliphatic heterocycles. The van der Waals surface area contributed by atoms with E-state index in [4.69, 9.17) is 0 Å². The van der Waals surface area contributed by atoms with E-state index in [1.165, 1.54) is 39.4 Å². The van der Waals surface area contributed by atoms with Crippen molar-refractivity contribution in [3.63, 3.8) is 0 Å². The van der Waals surface area contributed by atoms with Gasteiger partial charge in [0.1, 0.15) is 0 Å². The molecular weight excluding hydrogens is 446 g/mol. The predicted octanol–water partition coefficient (Wildman–Crippen LogP) is 2.94. The average Bonchev–Trinajstić information content (AvgIpc) is 3.17. The van der Waals surface area contributed by atoms with Gasteiger partial charge in [0.25, 0.3) is 0 Å². The fraction of sp³-hybridized carbons (Fsp3) is 0.391. The Morgan fingerprint density at radius 1 is 1.06 bits per heavy atom. The largest absolute Gasteiger partial charge is 0.352 e. The maximum absolute atomic E-state index is 13.0. The van der Waals surface area contributed by atoms with E-state index in [1.54, 1.807) is 23.9 Å². The van der Waals surface area contributed by atoms with Crippen molar-refractivity contribution < 1.29 is 18.0 Å². The number of hydrogen-bond acceptors (Lipinski definition) is 5. The second-order valence-electron chi connectivity index (χ2n) is 8.31. The fourth-order valence-corrected chi connectivity index (χ4v) is 6.85. The Labute approximate surface area is 193 Å². The third-order valence-electron chi connectivity index (χ3n) is 5.80. The van der Waals surface area contributed by atoms with Gasteiger partial charge in [0.15, 0.2) is 0 Å². The number of piperidine rings is 1. The van der Waals surface area contributed by atoms with Crippen molar-refractivity contribution in [1.29, 1.82) is 0 Å². The van der Waals surface area contributed by atoms with Crippen LogP contribution >= 0.6 is 11.8 Å². The van der Waals surface area contributed by atoms with Crippen molar-refractivity contribution >= 4 is 39.3 Å². The van der Waals surface area contributed by atoms with Crippen LogP contribution in [-0.4, -0.2) is 48.9 Å². The molecule has 7 nitrogen and oxygen atoms in total. The van der Waals surface area contributed by atoms with Crippen LogP contribution in [-0.2, 0) is 26.0 Å². The number of sulfonamides is 1. The van der Waals surface area contributed by atoms with Crippen LogP contribution in [0.2, 0.25) is 0 Å². The molecule has 0 aromatic heterocycles. The minimum Gasteiger partial charge on any atom is -0.352 e. The van der Waals surface area contributed by atoms with Gasteiger partial charge < -0.3 is 10.6 Å². The summed E-state index contributed by atoms with van der Waals surface area (Å²) in [4.78, 5) is 25.3. The molecule has 2 aliphatic rings. The highest BCUT2D eigenvalue weighted by Crippen LogP contribution is 2.37.